The molecule has 1 amide bonds. The molecule has 0 saturated carbocycles. The van der Waals surface area contributed by atoms with Crippen LogP contribution in [0.1, 0.15) is 15.9 Å². The van der Waals surface area contributed by atoms with Crippen LogP contribution in [0.25, 0.3) is 0 Å². The van der Waals surface area contributed by atoms with Crippen LogP contribution < -0.4 is 10.1 Å². The molecule has 0 atom stereocenters. The normalized spacial score (nSPS) is 10.1. The van der Waals surface area contributed by atoms with E-state index in [2.05, 4.69) is 21.2 Å². The van der Waals surface area contributed by atoms with E-state index >= 15 is 0 Å². The van der Waals surface area contributed by atoms with Gasteiger partial charge in [-0.25, -0.2) is 0 Å². The van der Waals surface area contributed by atoms with Gasteiger partial charge in [0.15, 0.2) is 0 Å². The minimum Gasteiger partial charge on any atom is -0.496 e. The number of amides is 1. The molecule has 0 aliphatic rings. The van der Waals surface area contributed by atoms with E-state index in [-0.39, 0.29) is 17.0 Å². The van der Waals surface area contributed by atoms with Crippen LogP contribution in [-0.4, -0.2) is 17.9 Å². The van der Waals surface area contributed by atoms with Gasteiger partial charge in [0.05, 0.1) is 17.6 Å². The number of hydrogen-bond acceptors (Lipinski definition) is 4. The van der Waals surface area contributed by atoms with Gasteiger partial charge in [0, 0.05) is 22.3 Å². The van der Waals surface area contributed by atoms with Crippen LogP contribution in [0.3, 0.4) is 0 Å². The Kier molecular flexibility index (Phi) is 4.77. The molecule has 0 aliphatic heterocycles. The van der Waals surface area contributed by atoms with Gasteiger partial charge in [0.25, 0.3) is 11.6 Å². The fourth-order valence-corrected chi connectivity index (χ4v) is 2.15. The summed E-state index contributed by atoms with van der Waals surface area (Å²) in [6, 6.07) is 9.24. The number of halogens is 1. The molecule has 0 aromatic heterocycles. The van der Waals surface area contributed by atoms with Crippen LogP contribution in [0.4, 0.5) is 11.4 Å². The number of nitro benzene ring substituents is 1. The zero-order valence-electron chi connectivity index (χ0n) is 11.9. The van der Waals surface area contributed by atoms with Crippen molar-refractivity contribution in [3.05, 3.63) is 62.1 Å². The highest BCUT2D eigenvalue weighted by Gasteiger charge is 2.17. The maximum absolute atomic E-state index is 12.3. The molecule has 0 fully saturated rings. The predicted molar refractivity (Wildman–Crippen MR) is 86.5 cm³/mol. The Bertz CT molecular complexity index is 746. The zero-order valence-corrected chi connectivity index (χ0v) is 13.5. The van der Waals surface area contributed by atoms with Crippen molar-refractivity contribution in [3.63, 3.8) is 0 Å². The maximum Gasteiger partial charge on any atom is 0.270 e. The number of hydrogen-bond donors (Lipinski definition) is 1. The molecule has 7 heteroatoms. The molecule has 114 valence electrons. The monoisotopic (exact) mass is 364 g/mol. The zero-order chi connectivity index (χ0) is 16.3. The third kappa shape index (κ3) is 3.43. The summed E-state index contributed by atoms with van der Waals surface area (Å²) in [4.78, 5) is 22.6. The number of aryl methyl sites for hydroxylation is 1. The van der Waals surface area contributed by atoms with Crippen molar-refractivity contribution in [1.82, 2.24) is 0 Å². The minimum atomic E-state index is -0.556. The van der Waals surface area contributed by atoms with Crippen molar-refractivity contribution in [2.75, 3.05) is 12.4 Å². The average molecular weight is 365 g/mol. The Hall–Kier alpha value is -2.41. The molecular weight excluding hydrogens is 352 g/mol. The molecule has 2 aromatic rings. The highest BCUT2D eigenvalue weighted by Crippen LogP contribution is 2.26. The molecular formula is C15H13BrN2O4. The Morgan fingerprint density at radius 3 is 2.59 bits per heavy atom. The first-order chi connectivity index (χ1) is 10.4. The molecule has 0 spiro atoms. The number of anilines is 1. The Morgan fingerprint density at radius 2 is 2.00 bits per heavy atom. The van der Waals surface area contributed by atoms with E-state index in [4.69, 9.17) is 4.74 Å². The molecule has 1 N–H and O–H groups in total. The van der Waals surface area contributed by atoms with Crippen molar-refractivity contribution in [1.29, 1.82) is 0 Å². The number of carbonyl (C=O) groups excluding carboxylic acids is 1. The van der Waals surface area contributed by atoms with E-state index in [1.165, 1.54) is 25.3 Å². The van der Waals surface area contributed by atoms with E-state index in [9.17, 15) is 14.9 Å². The third-order valence-corrected chi connectivity index (χ3v) is 3.94. The van der Waals surface area contributed by atoms with Gasteiger partial charge in [-0.15, -0.1) is 0 Å². The van der Waals surface area contributed by atoms with Crippen LogP contribution in [0, 0.1) is 17.0 Å². The summed E-state index contributed by atoms with van der Waals surface area (Å²) in [6.45, 7) is 1.90. The fourth-order valence-electron chi connectivity index (χ4n) is 1.91. The van der Waals surface area contributed by atoms with Crippen molar-refractivity contribution in [2.45, 2.75) is 6.92 Å². The van der Waals surface area contributed by atoms with Crippen LogP contribution >= 0.6 is 15.9 Å². The van der Waals surface area contributed by atoms with E-state index < -0.39 is 10.8 Å². The predicted octanol–water partition coefficient (Wildman–Crippen LogP) is 3.93. The first kappa shape index (κ1) is 16.0. The molecule has 0 radical (unpaired) electrons. The topological polar surface area (TPSA) is 81.5 Å². The molecule has 0 bridgehead atoms. The van der Waals surface area contributed by atoms with Crippen LogP contribution in [0.15, 0.2) is 40.9 Å². The lowest BCUT2D eigenvalue weighted by molar-refractivity contribution is -0.384. The summed E-state index contributed by atoms with van der Waals surface area (Å²) in [5.41, 5.74) is 1.50. The Labute approximate surface area is 135 Å². The van der Waals surface area contributed by atoms with Gasteiger partial charge < -0.3 is 10.1 Å². The largest absolute Gasteiger partial charge is 0.496 e. The molecule has 6 nitrogen and oxygen atoms in total. The van der Waals surface area contributed by atoms with E-state index in [1.807, 2.05) is 13.0 Å². The molecule has 22 heavy (non-hydrogen) atoms. The van der Waals surface area contributed by atoms with Gasteiger partial charge >= 0.3 is 0 Å². The fraction of sp³-hybridized carbons (Fsp3) is 0.133. The van der Waals surface area contributed by atoms with Crippen molar-refractivity contribution >= 4 is 33.2 Å². The second-order valence-electron chi connectivity index (χ2n) is 4.56. The lowest BCUT2D eigenvalue weighted by Gasteiger charge is -2.10. The molecule has 0 saturated heterocycles. The van der Waals surface area contributed by atoms with E-state index in [0.717, 1.165) is 10.0 Å². The first-order valence-corrected chi connectivity index (χ1v) is 7.11. The average Bonchev–Trinajstić information content (AvgIpc) is 2.50. The number of carbonyl (C=O) groups is 1. The standard InChI is InChI=1S/C15H13BrN2O4/c1-9-7-10(3-5-13(9)16)17-15(19)12-8-11(18(20)21)4-6-14(12)22-2/h3-8H,1-2H3,(H,17,19). The lowest BCUT2D eigenvalue weighted by Crippen LogP contribution is -2.13. The second-order valence-corrected chi connectivity index (χ2v) is 5.41. The Morgan fingerprint density at radius 1 is 1.27 bits per heavy atom. The molecule has 0 unspecified atom stereocenters. The summed E-state index contributed by atoms with van der Waals surface area (Å²) in [6.07, 6.45) is 0. The number of benzene rings is 2. The number of nitro groups is 1. The van der Waals surface area contributed by atoms with Gasteiger partial charge in [-0.2, -0.15) is 0 Å². The van der Waals surface area contributed by atoms with Gasteiger partial charge in [0.2, 0.25) is 0 Å². The summed E-state index contributed by atoms with van der Waals surface area (Å²) in [5, 5.41) is 13.5. The highest BCUT2D eigenvalue weighted by molar-refractivity contribution is 9.10. The van der Waals surface area contributed by atoms with Crippen LogP contribution in [0.5, 0.6) is 5.75 Å². The number of methoxy groups -OCH3 is 1. The maximum atomic E-state index is 12.3. The molecule has 2 rings (SSSR count). The van der Waals surface area contributed by atoms with Gasteiger partial charge in [0.1, 0.15) is 5.75 Å². The lowest BCUT2D eigenvalue weighted by atomic mass is 10.1. The van der Waals surface area contributed by atoms with E-state index in [0.29, 0.717) is 5.69 Å². The van der Waals surface area contributed by atoms with Gasteiger partial charge in [-0.1, -0.05) is 15.9 Å². The highest BCUT2D eigenvalue weighted by atomic mass is 79.9. The molecule has 0 aliphatic carbocycles. The summed E-state index contributed by atoms with van der Waals surface area (Å²) >= 11 is 3.38. The Balaban J connectivity index is 2.33. The van der Waals surface area contributed by atoms with Crippen molar-refractivity contribution in [2.24, 2.45) is 0 Å². The number of nitrogens with one attached hydrogen (secondary N) is 1. The summed E-state index contributed by atoms with van der Waals surface area (Å²) < 4.78 is 6.02. The summed E-state index contributed by atoms with van der Waals surface area (Å²) in [5.74, 6) is -0.195. The number of nitrogens with zero attached hydrogens (tertiary/aromatic N) is 1. The summed E-state index contributed by atoms with van der Waals surface area (Å²) in [7, 11) is 1.40. The first-order valence-electron chi connectivity index (χ1n) is 6.32. The number of non-ortho nitro benzene ring substituents is 1. The number of rotatable bonds is 4. The van der Waals surface area contributed by atoms with Gasteiger partial charge in [-0.3, -0.25) is 14.9 Å². The molecule has 0 heterocycles. The van der Waals surface area contributed by atoms with Gasteiger partial charge in [-0.05, 0) is 36.8 Å². The SMILES string of the molecule is COc1ccc([N+](=O)[O-])cc1C(=O)Nc1ccc(Br)c(C)c1. The van der Waals surface area contributed by atoms with E-state index in [1.54, 1.807) is 12.1 Å². The van der Waals surface area contributed by atoms with Crippen LogP contribution in [-0.2, 0) is 0 Å². The molecule has 2 aromatic carbocycles. The quantitative estimate of drug-likeness (QED) is 0.658. The smallest absolute Gasteiger partial charge is 0.270 e. The van der Waals surface area contributed by atoms with Crippen LogP contribution in [0.2, 0.25) is 0 Å². The minimum absolute atomic E-state index is 0.109. The number of ether oxygens (including phenoxy) is 1. The second kappa shape index (κ2) is 6.57. The van der Waals surface area contributed by atoms with Crippen molar-refractivity contribution < 1.29 is 14.5 Å². The van der Waals surface area contributed by atoms with Crippen molar-refractivity contribution in [3.8, 4) is 5.75 Å². The third-order valence-electron chi connectivity index (χ3n) is 3.05.